The molecule has 0 bridgehead atoms. The van der Waals surface area contributed by atoms with Gasteiger partial charge < -0.3 is 20.4 Å². The van der Waals surface area contributed by atoms with E-state index in [-0.39, 0.29) is 11.6 Å². The summed E-state index contributed by atoms with van der Waals surface area (Å²) in [7, 11) is 0. The molecule has 3 amide bonds. The predicted octanol–water partition coefficient (Wildman–Crippen LogP) is 5.55. The van der Waals surface area contributed by atoms with Crippen molar-refractivity contribution in [1.29, 1.82) is 0 Å². The molecule has 1 saturated heterocycles. The highest BCUT2D eigenvalue weighted by molar-refractivity contribution is 5.99. The SMILES string of the molecule is Cc1ccccc1CC(=O)N1CCN(c2ccc(NC(=O)Nc3ccc(C(F)(F)F)cc3)cc2)CC1. The quantitative estimate of drug-likeness (QED) is 0.487. The van der Waals surface area contributed by atoms with Gasteiger partial charge in [-0.3, -0.25) is 4.79 Å². The van der Waals surface area contributed by atoms with Gasteiger partial charge in [-0.15, -0.1) is 0 Å². The number of amides is 3. The van der Waals surface area contributed by atoms with Crippen molar-refractivity contribution < 1.29 is 22.8 Å². The number of benzene rings is 3. The summed E-state index contributed by atoms with van der Waals surface area (Å²) < 4.78 is 38.0. The van der Waals surface area contributed by atoms with Crippen LogP contribution in [0.4, 0.5) is 35.0 Å². The summed E-state index contributed by atoms with van der Waals surface area (Å²) in [6.45, 7) is 4.71. The Balaban J connectivity index is 1.26. The number of hydrogen-bond donors (Lipinski definition) is 2. The third-order valence-electron chi connectivity index (χ3n) is 6.20. The first-order valence-electron chi connectivity index (χ1n) is 11.6. The Morgan fingerprint density at radius 2 is 1.36 bits per heavy atom. The normalized spacial score (nSPS) is 13.9. The summed E-state index contributed by atoms with van der Waals surface area (Å²) in [5, 5.41) is 5.19. The Labute approximate surface area is 207 Å². The molecule has 1 aliphatic rings. The number of urea groups is 1. The van der Waals surface area contributed by atoms with Crippen molar-refractivity contribution in [3.8, 4) is 0 Å². The molecule has 0 aliphatic carbocycles. The lowest BCUT2D eigenvalue weighted by Gasteiger charge is -2.36. The van der Waals surface area contributed by atoms with Crippen molar-refractivity contribution in [2.75, 3.05) is 41.7 Å². The number of carbonyl (C=O) groups excluding carboxylic acids is 2. The fraction of sp³-hybridized carbons (Fsp3) is 0.259. The van der Waals surface area contributed by atoms with E-state index in [0.717, 1.165) is 28.9 Å². The van der Waals surface area contributed by atoms with Crippen LogP contribution in [0.2, 0.25) is 0 Å². The molecule has 9 heteroatoms. The molecule has 188 valence electrons. The van der Waals surface area contributed by atoms with E-state index in [1.807, 2.05) is 48.2 Å². The van der Waals surface area contributed by atoms with Crippen molar-refractivity contribution in [2.24, 2.45) is 0 Å². The van der Waals surface area contributed by atoms with Crippen LogP contribution in [0.15, 0.2) is 72.8 Å². The second-order valence-electron chi connectivity index (χ2n) is 8.67. The monoisotopic (exact) mass is 496 g/mol. The first-order valence-corrected chi connectivity index (χ1v) is 11.6. The highest BCUT2D eigenvalue weighted by atomic mass is 19.4. The van der Waals surface area contributed by atoms with Gasteiger partial charge in [0.2, 0.25) is 5.91 Å². The van der Waals surface area contributed by atoms with Gasteiger partial charge in [-0.25, -0.2) is 4.79 Å². The summed E-state index contributed by atoms with van der Waals surface area (Å²) in [6.07, 6.45) is -4.02. The number of nitrogens with one attached hydrogen (secondary N) is 2. The number of rotatable bonds is 5. The van der Waals surface area contributed by atoms with E-state index in [1.54, 1.807) is 12.1 Å². The van der Waals surface area contributed by atoms with E-state index in [4.69, 9.17) is 0 Å². The maximum atomic E-state index is 12.7. The van der Waals surface area contributed by atoms with Crippen molar-refractivity contribution >= 4 is 29.0 Å². The Bertz CT molecular complexity index is 1200. The Hall–Kier alpha value is -4.01. The summed E-state index contributed by atoms with van der Waals surface area (Å²) in [4.78, 5) is 29.0. The second kappa shape index (κ2) is 10.7. The molecule has 6 nitrogen and oxygen atoms in total. The molecular formula is C27H27F3N4O2. The molecule has 36 heavy (non-hydrogen) atoms. The lowest BCUT2D eigenvalue weighted by atomic mass is 10.1. The van der Waals surface area contributed by atoms with E-state index < -0.39 is 17.8 Å². The van der Waals surface area contributed by atoms with Gasteiger partial charge in [-0.05, 0) is 66.6 Å². The Morgan fingerprint density at radius 3 is 1.92 bits per heavy atom. The van der Waals surface area contributed by atoms with Crippen molar-refractivity contribution in [1.82, 2.24) is 4.90 Å². The van der Waals surface area contributed by atoms with E-state index in [9.17, 15) is 22.8 Å². The highest BCUT2D eigenvalue weighted by Crippen LogP contribution is 2.30. The lowest BCUT2D eigenvalue weighted by molar-refractivity contribution is -0.137. The zero-order valence-corrected chi connectivity index (χ0v) is 19.8. The summed E-state index contributed by atoms with van der Waals surface area (Å²) in [6, 6.07) is 18.9. The Kier molecular flexibility index (Phi) is 7.47. The highest BCUT2D eigenvalue weighted by Gasteiger charge is 2.30. The third kappa shape index (κ3) is 6.35. The Morgan fingerprint density at radius 1 is 0.806 bits per heavy atom. The van der Waals surface area contributed by atoms with E-state index in [2.05, 4.69) is 15.5 Å². The fourth-order valence-electron chi connectivity index (χ4n) is 4.09. The molecule has 0 radical (unpaired) electrons. The molecule has 0 spiro atoms. The zero-order chi connectivity index (χ0) is 25.7. The van der Waals surface area contributed by atoms with Crippen molar-refractivity contribution in [2.45, 2.75) is 19.5 Å². The van der Waals surface area contributed by atoms with Crippen LogP contribution in [-0.4, -0.2) is 43.0 Å². The first kappa shape index (κ1) is 25.1. The smallest absolute Gasteiger partial charge is 0.368 e. The summed E-state index contributed by atoms with van der Waals surface area (Å²) >= 11 is 0. The van der Waals surface area contributed by atoms with Crippen LogP contribution >= 0.6 is 0 Å². The van der Waals surface area contributed by atoms with Crippen LogP contribution in [-0.2, 0) is 17.4 Å². The van der Waals surface area contributed by atoms with Gasteiger partial charge in [-0.2, -0.15) is 13.2 Å². The van der Waals surface area contributed by atoms with Gasteiger partial charge in [0.25, 0.3) is 0 Å². The minimum atomic E-state index is -4.42. The summed E-state index contributed by atoms with van der Waals surface area (Å²) in [5.41, 5.74) is 3.18. The molecule has 0 atom stereocenters. The first-order chi connectivity index (χ1) is 17.2. The molecule has 0 unspecified atom stereocenters. The molecule has 0 aromatic heterocycles. The molecular weight excluding hydrogens is 469 g/mol. The van der Waals surface area contributed by atoms with Crippen LogP contribution < -0.4 is 15.5 Å². The maximum Gasteiger partial charge on any atom is 0.416 e. The number of aryl methyl sites for hydroxylation is 1. The minimum Gasteiger partial charge on any atom is -0.368 e. The molecule has 3 aromatic rings. The van der Waals surface area contributed by atoms with Crippen LogP contribution in [0.3, 0.4) is 0 Å². The van der Waals surface area contributed by atoms with Crippen LogP contribution in [0, 0.1) is 6.92 Å². The van der Waals surface area contributed by atoms with Gasteiger partial charge in [0.15, 0.2) is 0 Å². The number of carbonyl (C=O) groups is 2. The van der Waals surface area contributed by atoms with Gasteiger partial charge in [0, 0.05) is 43.2 Å². The van der Waals surface area contributed by atoms with Crippen LogP contribution in [0.5, 0.6) is 0 Å². The standard InChI is InChI=1S/C27H27F3N4O2/c1-19-4-2-3-5-20(19)18-25(35)34-16-14-33(15-17-34)24-12-10-23(11-13-24)32-26(36)31-22-8-6-21(7-9-22)27(28,29)30/h2-13H,14-18H2,1H3,(H2,31,32,36). The predicted molar refractivity (Wildman–Crippen MR) is 134 cm³/mol. The van der Waals surface area contributed by atoms with Gasteiger partial charge in [0.1, 0.15) is 0 Å². The van der Waals surface area contributed by atoms with Crippen molar-refractivity contribution in [3.05, 3.63) is 89.5 Å². The largest absolute Gasteiger partial charge is 0.416 e. The lowest BCUT2D eigenvalue weighted by Crippen LogP contribution is -2.49. The molecule has 1 heterocycles. The third-order valence-corrected chi connectivity index (χ3v) is 6.20. The topological polar surface area (TPSA) is 64.7 Å². The number of piperazine rings is 1. The average Bonchev–Trinajstić information content (AvgIpc) is 2.86. The van der Waals surface area contributed by atoms with Gasteiger partial charge >= 0.3 is 12.2 Å². The number of halogens is 3. The van der Waals surface area contributed by atoms with E-state index in [1.165, 1.54) is 12.1 Å². The zero-order valence-electron chi connectivity index (χ0n) is 19.8. The molecule has 1 fully saturated rings. The molecule has 4 rings (SSSR count). The summed E-state index contributed by atoms with van der Waals surface area (Å²) in [5.74, 6) is 0.127. The average molecular weight is 497 g/mol. The minimum absolute atomic E-state index is 0.127. The van der Waals surface area contributed by atoms with Crippen LogP contribution in [0.1, 0.15) is 16.7 Å². The van der Waals surface area contributed by atoms with Crippen molar-refractivity contribution in [3.63, 3.8) is 0 Å². The molecule has 3 aromatic carbocycles. The molecule has 1 aliphatic heterocycles. The number of anilines is 3. The molecule has 0 saturated carbocycles. The number of alkyl halides is 3. The van der Waals surface area contributed by atoms with E-state index in [0.29, 0.717) is 38.3 Å². The van der Waals surface area contributed by atoms with Gasteiger partial charge in [0.05, 0.1) is 12.0 Å². The second-order valence-corrected chi connectivity index (χ2v) is 8.67. The maximum absolute atomic E-state index is 12.7. The fourth-order valence-corrected chi connectivity index (χ4v) is 4.09. The van der Waals surface area contributed by atoms with Gasteiger partial charge in [-0.1, -0.05) is 24.3 Å². The van der Waals surface area contributed by atoms with E-state index >= 15 is 0 Å². The number of hydrogen-bond acceptors (Lipinski definition) is 3. The van der Waals surface area contributed by atoms with Crippen LogP contribution in [0.25, 0.3) is 0 Å². The number of nitrogens with zero attached hydrogens (tertiary/aromatic N) is 2. The molecule has 2 N–H and O–H groups in total.